The summed E-state index contributed by atoms with van der Waals surface area (Å²) in [4.78, 5) is 27.4. The highest BCUT2D eigenvalue weighted by Crippen LogP contribution is 2.45. The minimum Gasteiger partial charge on any atom is -0.466 e. The summed E-state index contributed by atoms with van der Waals surface area (Å²) in [6, 6.07) is 5.81. The molecule has 0 N–H and O–H groups in total. The molecule has 0 radical (unpaired) electrons. The van der Waals surface area contributed by atoms with E-state index in [9.17, 15) is 22.8 Å². The number of hydrogen-bond acceptors (Lipinski definition) is 4. The van der Waals surface area contributed by atoms with Gasteiger partial charge in [0.1, 0.15) is 0 Å². The monoisotopic (exact) mass is 503 g/mol. The number of aromatic nitrogens is 2. The van der Waals surface area contributed by atoms with E-state index in [1.54, 1.807) is 17.2 Å². The second-order valence-corrected chi connectivity index (χ2v) is 10.2. The number of ether oxygens (including phenoxy) is 1. The zero-order valence-electron chi connectivity index (χ0n) is 20.5. The highest BCUT2D eigenvalue weighted by Gasteiger charge is 2.40. The fourth-order valence-electron chi connectivity index (χ4n) is 5.89. The van der Waals surface area contributed by atoms with Crippen molar-refractivity contribution in [3.05, 3.63) is 52.8 Å². The molecule has 1 aromatic carbocycles. The van der Waals surface area contributed by atoms with Crippen LogP contribution in [0.1, 0.15) is 96.9 Å². The average Bonchev–Trinajstić information content (AvgIpc) is 3.41. The van der Waals surface area contributed by atoms with Crippen molar-refractivity contribution in [2.75, 3.05) is 19.7 Å². The predicted molar refractivity (Wildman–Crippen MR) is 127 cm³/mol. The second kappa shape index (κ2) is 9.90. The van der Waals surface area contributed by atoms with Crippen molar-refractivity contribution in [2.45, 2.75) is 75.9 Å². The van der Waals surface area contributed by atoms with Crippen LogP contribution in [0, 0.1) is 5.92 Å². The summed E-state index contributed by atoms with van der Waals surface area (Å²) in [6.07, 6.45) is 2.83. The summed E-state index contributed by atoms with van der Waals surface area (Å²) >= 11 is 0. The highest BCUT2D eigenvalue weighted by atomic mass is 19.4. The van der Waals surface area contributed by atoms with Crippen molar-refractivity contribution in [3.8, 4) is 0 Å². The predicted octanol–water partition coefficient (Wildman–Crippen LogP) is 5.70. The van der Waals surface area contributed by atoms with Crippen molar-refractivity contribution in [3.63, 3.8) is 0 Å². The zero-order chi connectivity index (χ0) is 25.4. The van der Waals surface area contributed by atoms with E-state index in [2.05, 4.69) is 5.10 Å². The summed E-state index contributed by atoms with van der Waals surface area (Å²) in [5, 5.41) is 4.63. The van der Waals surface area contributed by atoms with E-state index in [4.69, 9.17) is 4.74 Å². The van der Waals surface area contributed by atoms with Crippen LogP contribution in [0.15, 0.2) is 30.5 Å². The quantitative estimate of drug-likeness (QED) is 0.474. The van der Waals surface area contributed by atoms with E-state index in [1.165, 1.54) is 12.1 Å². The first kappa shape index (κ1) is 24.8. The Balaban J connectivity index is 1.31. The minimum atomic E-state index is -4.42. The third-order valence-electron chi connectivity index (χ3n) is 7.87. The largest absolute Gasteiger partial charge is 0.466 e. The van der Waals surface area contributed by atoms with Crippen molar-refractivity contribution < 1.29 is 27.5 Å². The van der Waals surface area contributed by atoms with Crippen molar-refractivity contribution in [1.29, 1.82) is 0 Å². The first-order valence-corrected chi connectivity index (χ1v) is 13.0. The van der Waals surface area contributed by atoms with Crippen LogP contribution in [-0.4, -0.2) is 46.3 Å². The summed E-state index contributed by atoms with van der Waals surface area (Å²) in [6.45, 7) is 2.89. The first-order chi connectivity index (χ1) is 17.3. The molecular weight excluding hydrogens is 471 g/mol. The molecule has 2 saturated carbocycles. The maximum absolute atomic E-state index is 13.6. The smallest absolute Gasteiger partial charge is 0.416 e. The molecule has 1 aliphatic heterocycles. The Hall–Kier alpha value is -2.84. The summed E-state index contributed by atoms with van der Waals surface area (Å²) < 4.78 is 47.8. The Morgan fingerprint density at radius 2 is 1.75 bits per heavy atom. The number of rotatable bonds is 6. The van der Waals surface area contributed by atoms with Gasteiger partial charge in [0.25, 0.3) is 5.91 Å². The number of alkyl halides is 3. The minimum absolute atomic E-state index is 0.0802. The second-order valence-electron chi connectivity index (χ2n) is 10.2. The maximum Gasteiger partial charge on any atom is 0.416 e. The number of nitrogens with zero attached hydrogens (tertiary/aromatic N) is 3. The normalized spacial score (nSPS) is 24.7. The van der Waals surface area contributed by atoms with Gasteiger partial charge in [0, 0.05) is 24.9 Å². The van der Waals surface area contributed by atoms with Crippen LogP contribution in [0.25, 0.3) is 0 Å². The summed E-state index contributed by atoms with van der Waals surface area (Å²) in [7, 11) is 0. The lowest BCUT2D eigenvalue weighted by Crippen LogP contribution is -2.30. The van der Waals surface area contributed by atoms with E-state index in [0.717, 1.165) is 50.3 Å². The number of likely N-dealkylation sites (tertiary alicyclic amines) is 1. The molecule has 2 aliphatic carbocycles. The van der Waals surface area contributed by atoms with Crippen LogP contribution >= 0.6 is 0 Å². The van der Waals surface area contributed by atoms with Crippen molar-refractivity contribution >= 4 is 11.9 Å². The van der Waals surface area contributed by atoms with Crippen molar-refractivity contribution in [2.24, 2.45) is 5.92 Å². The molecule has 1 saturated heterocycles. The Bertz CT molecular complexity index is 1120. The highest BCUT2D eigenvalue weighted by molar-refractivity contribution is 5.95. The van der Waals surface area contributed by atoms with Gasteiger partial charge < -0.3 is 9.64 Å². The van der Waals surface area contributed by atoms with E-state index >= 15 is 0 Å². The lowest BCUT2D eigenvalue weighted by Gasteiger charge is -2.29. The number of benzene rings is 1. The fraction of sp³-hybridized carbons (Fsp3) is 0.593. The SMILES string of the molecule is CCOC(=O)C1CCC(n2ncc(C(=O)N3CC[C@@H](c4ccccc4C(F)(F)F)C3)c2C2CC2)CC1. The molecule has 0 bridgehead atoms. The van der Waals surface area contributed by atoms with Gasteiger partial charge in [0.2, 0.25) is 0 Å². The van der Waals surface area contributed by atoms with Crippen LogP contribution in [0.4, 0.5) is 13.2 Å². The van der Waals surface area contributed by atoms with Crippen LogP contribution in [-0.2, 0) is 15.7 Å². The number of hydrogen-bond donors (Lipinski definition) is 0. The lowest BCUT2D eigenvalue weighted by atomic mass is 9.86. The molecule has 1 amide bonds. The zero-order valence-corrected chi connectivity index (χ0v) is 20.5. The van der Waals surface area contributed by atoms with Gasteiger partial charge in [0.15, 0.2) is 0 Å². The number of carbonyl (C=O) groups is 2. The van der Waals surface area contributed by atoms with Crippen molar-refractivity contribution in [1.82, 2.24) is 14.7 Å². The topological polar surface area (TPSA) is 64.4 Å². The average molecular weight is 504 g/mol. The molecule has 5 rings (SSSR count). The molecule has 9 heteroatoms. The van der Waals surface area contributed by atoms with Gasteiger partial charge in [0.05, 0.1) is 41.6 Å². The molecule has 3 aliphatic rings. The van der Waals surface area contributed by atoms with Gasteiger partial charge in [-0.15, -0.1) is 0 Å². The standard InChI is InChI=1S/C27H32F3N3O3/c1-2-36-26(35)18-9-11-20(12-10-18)33-24(17-7-8-17)22(15-31-33)25(34)32-14-13-19(16-32)21-5-3-4-6-23(21)27(28,29)30/h3-6,15,17-20H,2,7-14,16H2,1H3/t18?,19-,20?/m1/s1. The van der Waals surface area contributed by atoms with E-state index in [-0.39, 0.29) is 41.9 Å². The van der Waals surface area contributed by atoms with Gasteiger partial charge in [-0.3, -0.25) is 14.3 Å². The number of esters is 1. The van der Waals surface area contributed by atoms with Crippen LogP contribution in [0.2, 0.25) is 0 Å². The molecule has 1 aromatic heterocycles. The molecule has 0 spiro atoms. The molecule has 1 atom stereocenters. The van der Waals surface area contributed by atoms with E-state index in [1.807, 2.05) is 11.6 Å². The van der Waals surface area contributed by atoms with Gasteiger partial charge in [-0.05, 0) is 63.5 Å². The van der Waals surface area contributed by atoms with Crippen LogP contribution in [0.3, 0.4) is 0 Å². The third-order valence-corrected chi connectivity index (χ3v) is 7.87. The molecule has 3 fully saturated rings. The third kappa shape index (κ3) is 4.89. The number of carbonyl (C=O) groups excluding carboxylic acids is 2. The molecule has 2 heterocycles. The molecular formula is C27H32F3N3O3. The molecule has 2 aromatic rings. The van der Waals surface area contributed by atoms with Gasteiger partial charge in [-0.1, -0.05) is 18.2 Å². The van der Waals surface area contributed by atoms with Gasteiger partial charge in [-0.25, -0.2) is 0 Å². The van der Waals surface area contributed by atoms with Crippen LogP contribution in [0.5, 0.6) is 0 Å². The Morgan fingerprint density at radius 3 is 2.42 bits per heavy atom. The summed E-state index contributed by atoms with van der Waals surface area (Å²) in [5.41, 5.74) is 1.18. The molecule has 36 heavy (non-hydrogen) atoms. The first-order valence-electron chi connectivity index (χ1n) is 13.0. The van der Waals surface area contributed by atoms with Crippen LogP contribution < -0.4 is 0 Å². The maximum atomic E-state index is 13.6. The molecule has 6 nitrogen and oxygen atoms in total. The Kier molecular flexibility index (Phi) is 6.83. The van der Waals surface area contributed by atoms with Gasteiger partial charge >= 0.3 is 12.1 Å². The Labute approximate surface area is 208 Å². The number of halogens is 3. The number of amides is 1. The van der Waals surface area contributed by atoms with E-state index in [0.29, 0.717) is 31.1 Å². The van der Waals surface area contributed by atoms with Gasteiger partial charge in [-0.2, -0.15) is 18.3 Å². The fourth-order valence-corrected chi connectivity index (χ4v) is 5.89. The molecule has 194 valence electrons. The Morgan fingerprint density at radius 1 is 1.03 bits per heavy atom. The van der Waals surface area contributed by atoms with E-state index < -0.39 is 11.7 Å². The summed E-state index contributed by atoms with van der Waals surface area (Å²) in [5.74, 6) is -0.410. The molecule has 0 unspecified atom stereocenters. The lowest BCUT2D eigenvalue weighted by molar-refractivity contribution is -0.149.